The molecule has 168 valence electrons. The van der Waals surface area contributed by atoms with Crippen LogP contribution in [0.15, 0.2) is 41.6 Å². The summed E-state index contributed by atoms with van der Waals surface area (Å²) in [4.78, 5) is 26.7. The Hall–Kier alpha value is -4.21. The minimum absolute atomic E-state index is 0.150. The highest BCUT2D eigenvalue weighted by molar-refractivity contribution is 6.04. The molecule has 0 amide bonds. The normalized spacial score (nSPS) is 11.4. The van der Waals surface area contributed by atoms with E-state index in [0.717, 1.165) is 51.0 Å². The van der Waals surface area contributed by atoms with Gasteiger partial charge >= 0.3 is 5.69 Å². The van der Waals surface area contributed by atoms with Crippen molar-refractivity contribution < 1.29 is 4.74 Å². The van der Waals surface area contributed by atoms with Crippen molar-refractivity contribution in [2.45, 2.75) is 20.4 Å². The number of fused-ring (bicyclic) bond motifs is 3. The molecular weight excluding hydrogens is 420 g/mol. The highest BCUT2D eigenvalue weighted by atomic mass is 16.5. The Bertz CT molecular complexity index is 1580. The van der Waals surface area contributed by atoms with Crippen LogP contribution in [0, 0.1) is 6.92 Å². The minimum Gasteiger partial charge on any atom is -0.480 e. The van der Waals surface area contributed by atoms with Gasteiger partial charge < -0.3 is 10.1 Å². The molecule has 10 nitrogen and oxygen atoms in total. The van der Waals surface area contributed by atoms with Crippen LogP contribution >= 0.6 is 0 Å². The van der Waals surface area contributed by atoms with Crippen LogP contribution < -0.4 is 15.7 Å². The highest BCUT2D eigenvalue weighted by Crippen LogP contribution is 2.33. The molecule has 0 aliphatic carbocycles. The van der Waals surface area contributed by atoms with Gasteiger partial charge in [-0.2, -0.15) is 10.1 Å². The lowest BCUT2D eigenvalue weighted by Crippen LogP contribution is -2.21. The first-order chi connectivity index (χ1) is 16.0. The molecule has 0 saturated heterocycles. The Kier molecular flexibility index (Phi) is 4.85. The Morgan fingerprint density at radius 2 is 2.00 bits per heavy atom. The average Bonchev–Trinajstić information content (AvgIpc) is 3.34. The predicted molar refractivity (Wildman–Crippen MR) is 127 cm³/mol. The van der Waals surface area contributed by atoms with Crippen LogP contribution in [0.3, 0.4) is 0 Å². The summed E-state index contributed by atoms with van der Waals surface area (Å²) < 4.78 is 10.7. The zero-order valence-electron chi connectivity index (χ0n) is 19.1. The van der Waals surface area contributed by atoms with Crippen molar-refractivity contribution >= 4 is 27.9 Å². The quantitative estimate of drug-likeness (QED) is 0.444. The van der Waals surface area contributed by atoms with Crippen LogP contribution in [0.25, 0.3) is 38.8 Å². The molecular formula is C23H24N8O2. The van der Waals surface area contributed by atoms with E-state index >= 15 is 0 Å². The summed E-state index contributed by atoms with van der Waals surface area (Å²) in [5.74, 6) is 0.931. The number of benzene rings is 1. The molecule has 0 fully saturated rings. The second kappa shape index (κ2) is 7.73. The lowest BCUT2D eigenvalue weighted by molar-refractivity contribution is 0.399. The molecule has 0 unspecified atom stereocenters. The van der Waals surface area contributed by atoms with Crippen LogP contribution in [-0.2, 0) is 13.6 Å². The molecule has 5 rings (SSSR count). The summed E-state index contributed by atoms with van der Waals surface area (Å²) in [6.07, 6.45) is 5.36. The number of imidazole rings is 1. The van der Waals surface area contributed by atoms with Gasteiger partial charge in [0.05, 0.1) is 46.8 Å². The largest absolute Gasteiger partial charge is 0.480 e. The van der Waals surface area contributed by atoms with Gasteiger partial charge in [0, 0.05) is 38.4 Å². The first kappa shape index (κ1) is 20.7. The SMILES string of the molecule is CCn1cc(-n2c(=O)n(C)c3cnc4ccc(-c5cnc(NC)nc5OC)cc4c32)c(C)n1. The van der Waals surface area contributed by atoms with Gasteiger partial charge in [0.2, 0.25) is 11.8 Å². The molecule has 1 aromatic carbocycles. The molecule has 5 aromatic rings. The summed E-state index contributed by atoms with van der Waals surface area (Å²) in [5, 5.41) is 8.30. The summed E-state index contributed by atoms with van der Waals surface area (Å²) in [6.45, 7) is 4.64. The summed E-state index contributed by atoms with van der Waals surface area (Å²) >= 11 is 0. The van der Waals surface area contributed by atoms with Gasteiger partial charge in [0.15, 0.2) is 0 Å². The summed E-state index contributed by atoms with van der Waals surface area (Å²) in [7, 11) is 5.09. The third-order valence-corrected chi connectivity index (χ3v) is 5.85. The van der Waals surface area contributed by atoms with Crippen LogP contribution in [0.1, 0.15) is 12.6 Å². The summed E-state index contributed by atoms with van der Waals surface area (Å²) in [6, 6.07) is 5.88. The van der Waals surface area contributed by atoms with E-state index in [4.69, 9.17) is 4.74 Å². The molecule has 0 saturated carbocycles. The minimum atomic E-state index is -0.150. The van der Waals surface area contributed by atoms with E-state index in [-0.39, 0.29) is 5.69 Å². The van der Waals surface area contributed by atoms with E-state index in [1.165, 1.54) is 0 Å². The third-order valence-electron chi connectivity index (χ3n) is 5.85. The average molecular weight is 444 g/mol. The fraction of sp³-hybridized carbons (Fsp3) is 0.261. The first-order valence-corrected chi connectivity index (χ1v) is 10.6. The molecule has 0 aliphatic rings. The van der Waals surface area contributed by atoms with Crippen LogP contribution in [0.2, 0.25) is 0 Å². The number of anilines is 1. The van der Waals surface area contributed by atoms with Gasteiger partial charge in [-0.3, -0.25) is 18.8 Å². The number of rotatable bonds is 5. The molecule has 4 aromatic heterocycles. The molecule has 33 heavy (non-hydrogen) atoms. The molecule has 0 bridgehead atoms. The van der Waals surface area contributed by atoms with Crippen LogP contribution in [0.5, 0.6) is 5.88 Å². The number of hydrogen-bond acceptors (Lipinski definition) is 7. The number of aromatic nitrogens is 7. The van der Waals surface area contributed by atoms with Gasteiger partial charge in [0.25, 0.3) is 0 Å². The monoisotopic (exact) mass is 444 g/mol. The van der Waals surface area contributed by atoms with Gasteiger partial charge in [0.1, 0.15) is 0 Å². The maximum atomic E-state index is 13.3. The lowest BCUT2D eigenvalue weighted by Gasteiger charge is -2.10. The zero-order chi connectivity index (χ0) is 23.3. The molecule has 0 atom stereocenters. The highest BCUT2D eigenvalue weighted by Gasteiger charge is 2.20. The number of pyridine rings is 1. The number of hydrogen-bond donors (Lipinski definition) is 1. The van der Waals surface area contributed by atoms with Crippen molar-refractivity contribution in [1.82, 2.24) is 33.9 Å². The number of methoxy groups -OCH3 is 1. The van der Waals surface area contributed by atoms with Gasteiger partial charge in [-0.25, -0.2) is 9.78 Å². The van der Waals surface area contributed by atoms with Crippen LogP contribution in [-0.4, -0.2) is 48.0 Å². The number of nitrogens with zero attached hydrogens (tertiary/aromatic N) is 7. The fourth-order valence-corrected chi connectivity index (χ4v) is 4.12. The van der Waals surface area contributed by atoms with Crippen molar-refractivity contribution in [3.63, 3.8) is 0 Å². The number of ether oxygens (including phenoxy) is 1. The standard InChI is InChI=1S/C23H24N8O2/c1-6-30-12-19(13(2)28-30)31-20-15-9-14(16-10-26-22(24-3)27-21(16)33-5)7-8-17(15)25-11-18(20)29(4)23(31)32/h7-12H,6H2,1-5H3,(H,24,26,27). The topological polar surface area (TPSA) is 105 Å². The predicted octanol–water partition coefficient (Wildman–Crippen LogP) is 2.91. The Labute approximate surface area is 189 Å². The lowest BCUT2D eigenvalue weighted by atomic mass is 10.0. The smallest absolute Gasteiger partial charge is 0.333 e. The van der Waals surface area contributed by atoms with Gasteiger partial charge in [-0.1, -0.05) is 6.07 Å². The Balaban J connectivity index is 1.84. The third kappa shape index (κ3) is 3.13. The fourth-order valence-electron chi connectivity index (χ4n) is 4.12. The van der Waals surface area contributed by atoms with E-state index < -0.39 is 0 Å². The molecule has 4 heterocycles. The second-order valence-corrected chi connectivity index (χ2v) is 7.72. The molecule has 10 heteroatoms. The Morgan fingerprint density at radius 1 is 1.18 bits per heavy atom. The van der Waals surface area contributed by atoms with E-state index in [2.05, 4.69) is 25.4 Å². The number of aryl methyl sites for hydroxylation is 3. The van der Waals surface area contributed by atoms with E-state index in [9.17, 15) is 4.79 Å². The maximum absolute atomic E-state index is 13.3. The van der Waals surface area contributed by atoms with E-state index in [0.29, 0.717) is 11.8 Å². The van der Waals surface area contributed by atoms with Crippen molar-refractivity contribution in [1.29, 1.82) is 0 Å². The first-order valence-electron chi connectivity index (χ1n) is 10.6. The Morgan fingerprint density at radius 3 is 2.70 bits per heavy atom. The second-order valence-electron chi connectivity index (χ2n) is 7.72. The van der Waals surface area contributed by atoms with Gasteiger partial charge in [-0.15, -0.1) is 0 Å². The maximum Gasteiger partial charge on any atom is 0.333 e. The van der Waals surface area contributed by atoms with Gasteiger partial charge in [-0.05, 0) is 31.5 Å². The van der Waals surface area contributed by atoms with E-state index in [1.807, 2.05) is 42.9 Å². The van der Waals surface area contributed by atoms with Crippen molar-refractivity contribution in [2.24, 2.45) is 7.05 Å². The summed E-state index contributed by atoms with van der Waals surface area (Å²) in [5.41, 5.74) is 5.28. The van der Waals surface area contributed by atoms with E-state index in [1.54, 1.807) is 42.7 Å². The zero-order valence-corrected chi connectivity index (χ0v) is 19.1. The molecule has 0 aliphatic heterocycles. The van der Waals surface area contributed by atoms with Crippen molar-refractivity contribution in [2.75, 3.05) is 19.5 Å². The molecule has 0 spiro atoms. The van der Waals surface area contributed by atoms with Crippen LogP contribution in [0.4, 0.5) is 5.95 Å². The molecule has 0 radical (unpaired) electrons. The molecule has 1 N–H and O–H groups in total. The van der Waals surface area contributed by atoms with Crippen molar-refractivity contribution in [3.8, 4) is 22.7 Å². The number of nitrogens with one attached hydrogen (secondary N) is 1. The van der Waals surface area contributed by atoms with Crippen molar-refractivity contribution in [3.05, 3.63) is 53.0 Å².